The van der Waals surface area contributed by atoms with Gasteiger partial charge in [-0.1, -0.05) is 56.8 Å². The zero-order chi connectivity index (χ0) is 24.3. The molecule has 1 radical (unpaired) electrons. The number of hydrogen-bond donors (Lipinski definition) is 0. The van der Waals surface area contributed by atoms with Crippen molar-refractivity contribution in [3.05, 3.63) is 89.9 Å². The van der Waals surface area contributed by atoms with E-state index in [9.17, 15) is 4.39 Å². The van der Waals surface area contributed by atoms with Gasteiger partial charge in [-0.05, 0) is 47.2 Å². The first-order valence-corrected chi connectivity index (χ1v) is 11.9. The van der Waals surface area contributed by atoms with Crippen molar-refractivity contribution in [1.29, 1.82) is 0 Å². The Balaban J connectivity index is 0.00000267. The first kappa shape index (κ1) is 24.4. The Morgan fingerprint density at radius 1 is 0.917 bits per heavy atom. The monoisotopic (exact) mass is 655 g/mol. The summed E-state index contributed by atoms with van der Waals surface area (Å²) in [6.07, 6.45) is 1.80. The van der Waals surface area contributed by atoms with E-state index < -0.39 is 0 Å². The van der Waals surface area contributed by atoms with Gasteiger partial charge in [-0.25, -0.2) is 9.37 Å². The Hall–Kier alpha value is -3.34. The average Bonchev–Trinajstić information content (AvgIpc) is 3.41. The topological polar surface area (TPSA) is 43.9 Å². The second-order valence-corrected chi connectivity index (χ2v) is 9.55. The van der Waals surface area contributed by atoms with Crippen molar-refractivity contribution in [1.82, 2.24) is 14.5 Å². The Morgan fingerprint density at radius 3 is 2.39 bits per heavy atom. The molecule has 0 bridgehead atoms. The number of hydrogen-bond acceptors (Lipinski definition) is 3. The number of aromatic nitrogens is 3. The molecule has 0 amide bonds. The predicted molar refractivity (Wildman–Crippen MR) is 139 cm³/mol. The number of halogens is 1. The van der Waals surface area contributed by atoms with Crippen LogP contribution in [0.15, 0.2) is 71.3 Å². The molecular weight excluding hydrogens is 630 g/mol. The van der Waals surface area contributed by atoms with Crippen molar-refractivity contribution in [3.63, 3.8) is 0 Å². The van der Waals surface area contributed by atoms with Gasteiger partial charge in [0.05, 0.1) is 16.9 Å². The number of imidazole rings is 1. The SMILES string of the molecule is CC(C)c1cccc(C(C)C)c1-n1c(-c2[c-]ccc3c2oc2cc(F)ccc23)nc2cccnc21.[Ir]. The quantitative estimate of drug-likeness (QED) is 0.180. The second kappa shape index (κ2) is 9.27. The van der Waals surface area contributed by atoms with E-state index in [0.717, 1.165) is 33.2 Å². The van der Waals surface area contributed by atoms with Gasteiger partial charge < -0.3 is 8.98 Å². The largest absolute Gasteiger partial charge is 0.500 e. The number of para-hydroxylation sites is 1. The summed E-state index contributed by atoms with van der Waals surface area (Å²) in [5, 5.41) is 1.77. The Bertz CT molecular complexity index is 1710. The normalized spacial score (nSPS) is 11.8. The van der Waals surface area contributed by atoms with Gasteiger partial charge in [-0.3, -0.25) is 4.98 Å². The molecule has 4 nitrogen and oxygen atoms in total. The minimum atomic E-state index is -0.328. The van der Waals surface area contributed by atoms with Gasteiger partial charge in [-0.15, -0.1) is 18.2 Å². The van der Waals surface area contributed by atoms with E-state index in [-0.39, 0.29) is 25.9 Å². The van der Waals surface area contributed by atoms with Gasteiger partial charge in [0.15, 0.2) is 5.65 Å². The third-order valence-corrected chi connectivity index (χ3v) is 6.60. The summed E-state index contributed by atoms with van der Waals surface area (Å²) in [7, 11) is 0. The standard InChI is InChI=1S/C30H25FN3O.Ir/c1-17(2)20-8-5-9-21(18(3)4)27(20)34-29(33-25-12-7-15-32-30(25)34)24-11-6-10-23-22-14-13-19(31)16-26(22)35-28(23)24;/h5-10,12-18H,1-4H3;/q-1;. The van der Waals surface area contributed by atoms with Crippen LogP contribution in [0.4, 0.5) is 4.39 Å². The molecule has 3 heterocycles. The first-order chi connectivity index (χ1) is 16.9. The third-order valence-electron chi connectivity index (χ3n) is 6.60. The molecule has 0 aliphatic heterocycles. The summed E-state index contributed by atoms with van der Waals surface area (Å²) in [5.41, 5.74) is 6.99. The molecule has 36 heavy (non-hydrogen) atoms. The maximum atomic E-state index is 14.0. The molecule has 3 aromatic heterocycles. The van der Waals surface area contributed by atoms with Gasteiger partial charge in [0.2, 0.25) is 0 Å². The predicted octanol–water partition coefficient (Wildman–Crippen LogP) is 8.17. The van der Waals surface area contributed by atoms with Crippen molar-refractivity contribution in [2.75, 3.05) is 0 Å². The van der Waals surface area contributed by atoms with Crippen LogP contribution < -0.4 is 0 Å². The summed E-state index contributed by atoms with van der Waals surface area (Å²) in [5.74, 6) is 0.975. The molecule has 183 valence electrons. The molecule has 6 rings (SSSR count). The maximum absolute atomic E-state index is 14.0. The summed E-state index contributed by atoms with van der Waals surface area (Å²) < 4.78 is 22.3. The van der Waals surface area contributed by atoms with E-state index in [1.807, 2.05) is 24.3 Å². The van der Waals surface area contributed by atoms with Crippen molar-refractivity contribution < 1.29 is 28.9 Å². The van der Waals surface area contributed by atoms with Crippen LogP contribution in [-0.2, 0) is 20.1 Å². The zero-order valence-corrected chi connectivity index (χ0v) is 22.9. The molecule has 3 aromatic carbocycles. The van der Waals surface area contributed by atoms with E-state index in [4.69, 9.17) is 14.4 Å². The smallest absolute Gasteiger partial charge is 0.155 e. The minimum Gasteiger partial charge on any atom is -0.500 e. The molecule has 0 fully saturated rings. The van der Waals surface area contributed by atoms with Crippen molar-refractivity contribution in [2.45, 2.75) is 39.5 Å². The molecule has 0 saturated carbocycles. The molecule has 6 heteroatoms. The molecule has 0 spiro atoms. The van der Waals surface area contributed by atoms with Crippen molar-refractivity contribution >= 4 is 33.1 Å². The van der Waals surface area contributed by atoms with Gasteiger partial charge >= 0.3 is 0 Å². The van der Waals surface area contributed by atoms with Crippen LogP contribution >= 0.6 is 0 Å². The van der Waals surface area contributed by atoms with Crippen LogP contribution in [0.25, 0.3) is 50.2 Å². The molecule has 0 N–H and O–H groups in total. The van der Waals surface area contributed by atoms with E-state index >= 15 is 0 Å². The minimum absolute atomic E-state index is 0. The van der Waals surface area contributed by atoms with Crippen LogP contribution in [0, 0.1) is 11.9 Å². The fourth-order valence-corrected chi connectivity index (χ4v) is 4.94. The van der Waals surface area contributed by atoms with E-state index in [1.165, 1.54) is 23.3 Å². The van der Waals surface area contributed by atoms with Crippen molar-refractivity contribution in [2.24, 2.45) is 0 Å². The molecule has 0 unspecified atom stereocenters. The van der Waals surface area contributed by atoms with Gasteiger partial charge in [0.25, 0.3) is 0 Å². The average molecular weight is 655 g/mol. The van der Waals surface area contributed by atoms with Crippen LogP contribution in [0.3, 0.4) is 0 Å². The van der Waals surface area contributed by atoms with Gasteiger partial charge in [0.1, 0.15) is 11.4 Å². The maximum Gasteiger partial charge on any atom is 0.155 e. The van der Waals surface area contributed by atoms with E-state index in [1.54, 1.807) is 12.3 Å². The molecular formula is C30H25FIrN3O-. The van der Waals surface area contributed by atoms with Crippen molar-refractivity contribution in [3.8, 4) is 17.1 Å². The first-order valence-electron chi connectivity index (χ1n) is 11.9. The number of fused-ring (bicyclic) bond motifs is 4. The fraction of sp³-hybridized carbons (Fsp3) is 0.200. The summed E-state index contributed by atoms with van der Waals surface area (Å²) in [4.78, 5) is 9.78. The van der Waals surface area contributed by atoms with Gasteiger partial charge in [-0.2, -0.15) is 0 Å². The van der Waals surface area contributed by atoms with Crippen LogP contribution in [0.5, 0.6) is 0 Å². The molecule has 0 saturated heterocycles. The number of pyridine rings is 1. The number of rotatable bonds is 4. The molecule has 0 atom stereocenters. The number of nitrogens with zero attached hydrogens (tertiary/aromatic N) is 3. The molecule has 0 aliphatic rings. The van der Waals surface area contributed by atoms with Gasteiger partial charge in [0, 0.05) is 43.4 Å². The number of furan rings is 1. The van der Waals surface area contributed by atoms with Crippen LogP contribution in [0.1, 0.15) is 50.7 Å². The summed E-state index contributed by atoms with van der Waals surface area (Å²) >= 11 is 0. The Kier molecular flexibility index (Phi) is 6.27. The molecule has 6 aromatic rings. The summed E-state index contributed by atoms with van der Waals surface area (Å²) in [6, 6.07) is 22.2. The van der Waals surface area contributed by atoms with Crippen LogP contribution in [-0.4, -0.2) is 14.5 Å². The Morgan fingerprint density at radius 2 is 1.67 bits per heavy atom. The number of benzene rings is 3. The summed E-state index contributed by atoms with van der Waals surface area (Å²) in [6.45, 7) is 8.82. The molecule has 0 aliphatic carbocycles. The Labute approximate surface area is 222 Å². The van der Waals surface area contributed by atoms with E-state index in [2.05, 4.69) is 56.5 Å². The second-order valence-electron chi connectivity index (χ2n) is 9.55. The fourth-order valence-electron chi connectivity index (χ4n) is 4.94. The third kappa shape index (κ3) is 3.76. The van der Waals surface area contributed by atoms with Crippen LogP contribution in [0.2, 0.25) is 0 Å². The zero-order valence-electron chi connectivity index (χ0n) is 20.5. The van der Waals surface area contributed by atoms with E-state index in [0.29, 0.717) is 28.8 Å².